The molecule has 0 N–H and O–H groups in total. The van der Waals surface area contributed by atoms with Gasteiger partial charge in [0.25, 0.3) is 5.56 Å². The number of halogens is 1. The number of fused-ring (bicyclic) bond motifs is 3. The molecule has 3 aromatic carbocycles. The average Bonchev–Trinajstić information content (AvgIpc) is 2.74. The second-order valence-electron chi connectivity index (χ2n) is 6.99. The first kappa shape index (κ1) is 17.9. The van der Waals surface area contributed by atoms with Crippen LogP contribution in [0.4, 0.5) is 0 Å². The smallest absolute Gasteiger partial charge is 0.312 e. The lowest BCUT2D eigenvalue weighted by atomic mass is 9.86. The summed E-state index contributed by atoms with van der Waals surface area (Å²) in [5.41, 5.74) is 2.73. The molecular formula is C24H16BrNO3. The number of carbonyl (C=O) groups is 1. The maximum absolute atomic E-state index is 13.8. The molecule has 5 heteroatoms. The Balaban J connectivity index is 1.90. The second kappa shape index (κ2) is 7.01. The van der Waals surface area contributed by atoms with Crippen LogP contribution in [0.3, 0.4) is 0 Å². The molecule has 0 aliphatic carbocycles. The van der Waals surface area contributed by atoms with Crippen LogP contribution in [0.5, 0.6) is 5.75 Å². The highest BCUT2D eigenvalue weighted by Gasteiger charge is 2.34. The van der Waals surface area contributed by atoms with Crippen LogP contribution in [0.1, 0.15) is 23.5 Å². The monoisotopic (exact) mass is 445 g/mol. The molecule has 1 aromatic heterocycles. The first-order valence-electron chi connectivity index (χ1n) is 9.33. The molecule has 0 spiro atoms. The Hall–Kier alpha value is -3.18. The molecule has 4 aromatic rings. The first-order valence-corrected chi connectivity index (χ1v) is 10.1. The van der Waals surface area contributed by atoms with Gasteiger partial charge in [-0.05, 0) is 35.9 Å². The van der Waals surface area contributed by atoms with E-state index >= 15 is 0 Å². The van der Waals surface area contributed by atoms with Gasteiger partial charge < -0.3 is 4.74 Å². The molecule has 0 fully saturated rings. The van der Waals surface area contributed by atoms with Gasteiger partial charge in [-0.1, -0.05) is 64.5 Å². The van der Waals surface area contributed by atoms with Crippen molar-refractivity contribution in [3.8, 4) is 11.4 Å². The van der Waals surface area contributed by atoms with Crippen molar-refractivity contribution in [2.75, 3.05) is 0 Å². The van der Waals surface area contributed by atoms with Crippen molar-refractivity contribution < 1.29 is 9.53 Å². The molecule has 1 aliphatic heterocycles. The van der Waals surface area contributed by atoms with Gasteiger partial charge in [0.2, 0.25) is 0 Å². The van der Waals surface area contributed by atoms with E-state index in [9.17, 15) is 9.59 Å². The fraction of sp³-hybridized carbons (Fsp3) is 0.0833. The van der Waals surface area contributed by atoms with Crippen LogP contribution in [0.2, 0.25) is 0 Å². The summed E-state index contributed by atoms with van der Waals surface area (Å²) in [6, 6.07) is 24.8. The summed E-state index contributed by atoms with van der Waals surface area (Å²) in [6.07, 6.45) is 0.123. The van der Waals surface area contributed by atoms with Crippen molar-refractivity contribution in [1.29, 1.82) is 0 Å². The Morgan fingerprint density at radius 2 is 1.55 bits per heavy atom. The molecule has 1 unspecified atom stereocenters. The van der Waals surface area contributed by atoms with Crippen LogP contribution >= 0.6 is 15.9 Å². The van der Waals surface area contributed by atoms with Gasteiger partial charge in [-0.2, -0.15) is 0 Å². The summed E-state index contributed by atoms with van der Waals surface area (Å²) in [5.74, 6) is -0.344. The Labute approximate surface area is 175 Å². The van der Waals surface area contributed by atoms with Gasteiger partial charge >= 0.3 is 5.97 Å². The molecule has 0 saturated heterocycles. The first-order chi connectivity index (χ1) is 14.1. The number of nitrogens with zero attached hydrogens (tertiary/aromatic N) is 1. The van der Waals surface area contributed by atoms with E-state index in [-0.39, 0.29) is 23.9 Å². The molecule has 29 heavy (non-hydrogen) atoms. The minimum atomic E-state index is -0.381. The van der Waals surface area contributed by atoms with E-state index in [1.807, 2.05) is 78.9 Å². The van der Waals surface area contributed by atoms with Crippen LogP contribution in [0.15, 0.2) is 88.1 Å². The van der Waals surface area contributed by atoms with E-state index < -0.39 is 0 Å². The summed E-state index contributed by atoms with van der Waals surface area (Å²) < 4.78 is 8.21. The largest absolute Gasteiger partial charge is 0.425 e. The standard InChI is InChI=1S/C24H16BrNO3/c25-19-12-6-4-10-16(19)18-14-21(27)29-23-17-11-5-7-13-20(17)26(24(28)22(18)23)15-8-2-1-3-9-15/h1-13,18H,14H2. The Morgan fingerprint density at radius 1 is 0.862 bits per heavy atom. The van der Waals surface area contributed by atoms with Crippen molar-refractivity contribution in [3.63, 3.8) is 0 Å². The van der Waals surface area contributed by atoms with Gasteiger partial charge in [0.05, 0.1) is 17.5 Å². The van der Waals surface area contributed by atoms with Gasteiger partial charge in [-0.25, -0.2) is 0 Å². The Bertz CT molecular complexity index is 1310. The summed E-state index contributed by atoms with van der Waals surface area (Å²) in [6.45, 7) is 0. The topological polar surface area (TPSA) is 48.3 Å². The number of ether oxygens (including phenoxy) is 1. The van der Waals surface area contributed by atoms with E-state index in [1.165, 1.54) is 0 Å². The van der Waals surface area contributed by atoms with Crippen LogP contribution in [-0.2, 0) is 4.79 Å². The van der Waals surface area contributed by atoms with E-state index in [0.717, 1.165) is 21.1 Å². The SMILES string of the molecule is O=C1CC(c2ccccc2Br)c2c(c3ccccc3n(-c3ccccc3)c2=O)O1. The molecule has 142 valence electrons. The van der Waals surface area contributed by atoms with Gasteiger partial charge in [-0.15, -0.1) is 0 Å². The maximum Gasteiger partial charge on any atom is 0.312 e. The van der Waals surface area contributed by atoms with Gasteiger partial charge in [-0.3, -0.25) is 14.2 Å². The minimum Gasteiger partial charge on any atom is -0.425 e. The molecule has 2 heterocycles. The van der Waals surface area contributed by atoms with E-state index in [0.29, 0.717) is 16.8 Å². The number of carbonyl (C=O) groups excluding carboxylic acids is 1. The Kier molecular flexibility index (Phi) is 4.32. The van der Waals surface area contributed by atoms with Crippen molar-refractivity contribution in [1.82, 2.24) is 4.57 Å². The molecule has 0 radical (unpaired) electrons. The summed E-state index contributed by atoms with van der Waals surface area (Å²) in [4.78, 5) is 26.3. The number of benzene rings is 3. The third-order valence-corrected chi connectivity index (χ3v) is 6.02. The molecule has 0 amide bonds. The van der Waals surface area contributed by atoms with Crippen LogP contribution in [0.25, 0.3) is 16.6 Å². The lowest BCUT2D eigenvalue weighted by Crippen LogP contribution is -2.32. The maximum atomic E-state index is 13.8. The highest BCUT2D eigenvalue weighted by atomic mass is 79.9. The van der Waals surface area contributed by atoms with Crippen LogP contribution < -0.4 is 10.3 Å². The molecule has 0 bridgehead atoms. The van der Waals surface area contributed by atoms with Gasteiger partial charge in [0.1, 0.15) is 5.75 Å². The zero-order valence-electron chi connectivity index (χ0n) is 15.3. The molecule has 1 aliphatic rings. The number of hydrogen-bond acceptors (Lipinski definition) is 3. The predicted octanol–water partition coefficient (Wildman–Crippen LogP) is 5.19. The van der Waals surface area contributed by atoms with E-state index in [4.69, 9.17) is 4.74 Å². The molecule has 5 rings (SSSR count). The number of aromatic nitrogens is 1. The minimum absolute atomic E-state index is 0.123. The van der Waals surface area contributed by atoms with Crippen molar-refractivity contribution in [2.24, 2.45) is 0 Å². The fourth-order valence-electron chi connectivity index (χ4n) is 4.03. The van der Waals surface area contributed by atoms with Gasteiger partial charge in [0.15, 0.2) is 0 Å². The van der Waals surface area contributed by atoms with Crippen molar-refractivity contribution in [2.45, 2.75) is 12.3 Å². The third kappa shape index (κ3) is 2.89. The van der Waals surface area contributed by atoms with E-state index in [1.54, 1.807) is 4.57 Å². The highest BCUT2D eigenvalue weighted by Crippen LogP contribution is 2.42. The van der Waals surface area contributed by atoms with Crippen molar-refractivity contribution >= 4 is 32.8 Å². The summed E-state index contributed by atoms with van der Waals surface area (Å²) >= 11 is 3.58. The average molecular weight is 446 g/mol. The van der Waals surface area contributed by atoms with Crippen LogP contribution in [0, 0.1) is 0 Å². The quantitative estimate of drug-likeness (QED) is 0.398. The fourth-order valence-corrected chi connectivity index (χ4v) is 4.59. The number of hydrogen-bond donors (Lipinski definition) is 0. The zero-order chi connectivity index (χ0) is 20.0. The van der Waals surface area contributed by atoms with Crippen LogP contribution in [-0.4, -0.2) is 10.5 Å². The molecule has 1 atom stereocenters. The van der Waals surface area contributed by atoms with Gasteiger partial charge in [0, 0.05) is 21.5 Å². The highest BCUT2D eigenvalue weighted by molar-refractivity contribution is 9.10. The van der Waals surface area contributed by atoms with Crippen molar-refractivity contribution in [3.05, 3.63) is 105 Å². The number of pyridine rings is 1. The summed E-state index contributed by atoms with van der Waals surface area (Å²) in [5, 5.41) is 0.746. The second-order valence-corrected chi connectivity index (χ2v) is 7.84. The number of esters is 1. The molecular weight excluding hydrogens is 430 g/mol. The molecule has 0 saturated carbocycles. The Morgan fingerprint density at radius 3 is 2.34 bits per heavy atom. The normalized spacial score (nSPS) is 15.8. The van der Waals surface area contributed by atoms with E-state index in [2.05, 4.69) is 15.9 Å². The predicted molar refractivity (Wildman–Crippen MR) is 116 cm³/mol. The summed E-state index contributed by atoms with van der Waals surface area (Å²) in [7, 11) is 0. The number of para-hydroxylation sites is 2. The lowest BCUT2D eigenvalue weighted by molar-refractivity contribution is -0.135. The molecule has 4 nitrogen and oxygen atoms in total. The third-order valence-electron chi connectivity index (χ3n) is 5.30. The lowest BCUT2D eigenvalue weighted by Gasteiger charge is -2.27. The zero-order valence-corrected chi connectivity index (χ0v) is 16.9. The number of rotatable bonds is 2.